The van der Waals surface area contributed by atoms with Gasteiger partial charge in [0.15, 0.2) is 0 Å². The van der Waals surface area contributed by atoms with E-state index in [9.17, 15) is 12.8 Å². The molecule has 0 amide bonds. The molecule has 140 valence electrons. The van der Waals surface area contributed by atoms with Crippen LogP contribution in [-0.4, -0.2) is 41.9 Å². The molecular formula is C17H19ClFN3O3S. The molecule has 1 aliphatic rings. The van der Waals surface area contributed by atoms with Crippen molar-refractivity contribution in [1.82, 2.24) is 14.3 Å². The Bertz CT molecular complexity index is 903. The first kappa shape index (κ1) is 19.0. The van der Waals surface area contributed by atoms with Gasteiger partial charge in [0.25, 0.3) is 0 Å². The summed E-state index contributed by atoms with van der Waals surface area (Å²) in [5, 5.41) is -0.220. The van der Waals surface area contributed by atoms with Crippen LogP contribution >= 0.6 is 11.6 Å². The van der Waals surface area contributed by atoms with Gasteiger partial charge in [0, 0.05) is 18.3 Å². The van der Waals surface area contributed by atoms with Gasteiger partial charge in [-0.1, -0.05) is 11.6 Å². The molecule has 1 atom stereocenters. The van der Waals surface area contributed by atoms with E-state index in [2.05, 4.69) is 9.97 Å². The van der Waals surface area contributed by atoms with Crippen molar-refractivity contribution in [2.75, 3.05) is 13.1 Å². The van der Waals surface area contributed by atoms with Gasteiger partial charge in [-0.25, -0.2) is 17.8 Å². The minimum atomic E-state index is -3.77. The maximum Gasteiger partial charge on any atom is 0.243 e. The third-order valence-corrected chi connectivity index (χ3v) is 6.25. The molecular weight excluding hydrogens is 381 g/mol. The van der Waals surface area contributed by atoms with Gasteiger partial charge in [0.1, 0.15) is 17.7 Å². The Labute approximate surface area is 157 Å². The van der Waals surface area contributed by atoms with Crippen molar-refractivity contribution >= 4 is 21.6 Å². The van der Waals surface area contributed by atoms with Gasteiger partial charge in [-0.15, -0.1) is 0 Å². The third kappa shape index (κ3) is 4.13. The molecule has 0 saturated carbocycles. The maximum atomic E-state index is 13.3. The van der Waals surface area contributed by atoms with E-state index in [1.54, 1.807) is 13.0 Å². The predicted octanol–water partition coefficient (Wildman–Crippen LogP) is 3.12. The molecule has 1 fully saturated rings. The molecule has 1 unspecified atom stereocenters. The Balaban J connectivity index is 1.77. The van der Waals surface area contributed by atoms with Crippen LogP contribution in [0.15, 0.2) is 29.2 Å². The van der Waals surface area contributed by atoms with E-state index in [0.29, 0.717) is 24.7 Å². The second-order valence-electron chi connectivity index (χ2n) is 6.22. The molecule has 1 saturated heterocycles. The molecule has 6 nitrogen and oxygen atoms in total. The second kappa shape index (κ2) is 7.46. The van der Waals surface area contributed by atoms with Gasteiger partial charge < -0.3 is 4.74 Å². The number of sulfonamides is 1. The van der Waals surface area contributed by atoms with Gasteiger partial charge >= 0.3 is 0 Å². The van der Waals surface area contributed by atoms with E-state index in [1.165, 1.54) is 10.4 Å². The van der Waals surface area contributed by atoms with Crippen molar-refractivity contribution in [3.05, 3.63) is 46.6 Å². The standard InChI is InChI=1S/C17H19ClFN3O3S/c1-11-8-17(21-12(2)20-11)25-13-4-3-7-22(10-13)26(23,24)14-5-6-16(19)15(18)9-14/h5-6,8-9,13H,3-4,7,10H2,1-2H3. The van der Waals surface area contributed by atoms with Crippen LogP contribution in [0, 0.1) is 19.7 Å². The fourth-order valence-electron chi connectivity index (χ4n) is 2.92. The van der Waals surface area contributed by atoms with Crippen LogP contribution < -0.4 is 4.74 Å². The first-order chi connectivity index (χ1) is 12.3. The quantitative estimate of drug-likeness (QED) is 0.789. The predicted molar refractivity (Wildman–Crippen MR) is 95.3 cm³/mol. The Morgan fingerprint density at radius 2 is 2.04 bits per heavy atom. The highest BCUT2D eigenvalue weighted by atomic mass is 35.5. The summed E-state index contributed by atoms with van der Waals surface area (Å²) in [6.07, 6.45) is 1.06. The fraction of sp³-hybridized carbons (Fsp3) is 0.412. The van der Waals surface area contributed by atoms with E-state index in [1.807, 2.05) is 6.92 Å². The van der Waals surface area contributed by atoms with Crippen LogP contribution in [-0.2, 0) is 10.0 Å². The molecule has 1 aliphatic heterocycles. The van der Waals surface area contributed by atoms with Gasteiger partial charge in [0.2, 0.25) is 15.9 Å². The number of halogens is 2. The lowest BCUT2D eigenvalue weighted by Gasteiger charge is -2.31. The van der Waals surface area contributed by atoms with Gasteiger partial charge in [-0.3, -0.25) is 0 Å². The maximum absolute atomic E-state index is 13.3. The van der Waals surface area contributed by atoms with E-state index in [-0.39, 0.29) is 22.6 Å². The molecule has 2 heterocycles. The number of ether oxygens (including phenoxy) is 1. The minimum absolute atomic E-state index is 0.0294. The van der Waals surface area contributed by atoms with E-state index >= 15 is 0 Å². The average molecular weight is 400 g/mol. The molecule has 1 aromatic heterocycles. The van der Waals surface area contributed by atoms with Crippen LogP contribution in [0.5, 0.6) is 5.88 Å². The zero-order valence-corrected chi connectivity index (χ0v) is 16.0. The number of nitrogens with zero attached hydrogens (tertiary/aromatic N) is 3. The summed E-state index contributed by atoms with van der Waals surface area (Å²) in [4.78, 5) is 8.40. The minimum Gasteiger partial charge on any atom is -0.473 e. The van der Waals surface area contributed by atoms with Crippen molar-refractivity contribution in [2.45, 2.75) is 37.7 Å². The second-order valence-corrected chi connectivity index (χ2v) is 8.56. The van der Waals surface area contributed by atoms with Crippen LogP contribution in [0.3, 0.4) is 0 Å². The van der Waals surface area contributed by atoms with E-state index < -0.39 is 15.8 Å². The highest BCUT2D eigenvalue weighted by molar-refractivity contribution is 7.89. The van der Waals surface area contributed by atoms with Crippen LogP contribution in [0.2, 0.25) is 5.02 Å². The lowest BCUT2D eigenvalue weighted by molar-refractivity contribution is 0.124. The number of benzene rings is 1. The van der Waals surface area contributed by atoms with Crippen molar-refractivity contribution in [1.29, 1.82) is 0 Å². The largest absolute Gasteiger partial charge is 0.473 e. The Morgan fingerprint density at radius 3 is 2.73 bits per heavy atom. The number of hydrogen-bond donors (Lipinski definition) is 0. The number of aromatic nitrogens is 2. The van der Waals surface area contributed by atoms with E-state index in [4.69, 9.17) is 16.3 Å². The summed E-state index contributed by atoms with van der Waals surface area (Å²) in [6, 6.07) is 5.13. The SMILES string of the molecule is Cc1cc(OC2CCCN(S(=O)(=O)c3ccc(F)c(Cl)c3)C2)nc(C)n1. The number of aryl methyl sites for hydroxylation is 2. The van der Waals surface area contributed by atoms with Gasteiger partial charge in [0.05, 0.1) is 16.5 Å². The van der Waals surface area contributed by atoms with Crippen molar-refractivity contribution < 1.29 is 17.5 Å². The van der Waals surface area contributed by atoms with Crippen molar-refractivity contribution in [3.63, 3.8) is 0 Å². The van der Waals surface area contributed by atoms with Crippen molar-refractivity contribution in [3.8, 4) is 5.88 Å². The molecule has 0 N–H and O–H groups in total. The summed E-state index contributed by atoms with van der Waals surface area (Å²) in [7, 11) is -3.77. The topological polar surface area (TPSA) is 72.4 Å². The lowest BCUT2D eigenvalue weighted by Crippen LogP contribution is -2.44. The zero-order chi connectivity index (χ0) is 18.9. The summed E-state index contributed by atoms with van der Waals surface area (Å²) in [5.41, 5.74) is 0.786. The zero-order valence-electron chi connectivity index (χ0n) is 14.4. The monoisotopic (exact) mass is 399 g/mol. The van der Waals surface area contributed by atoms with Gasteiger partial charge in [-0.05, 0) is 44.9 Å². The highest BCUT2D eigenvalue weighted by Gasteiger charge is 2.31. The number of piperidine rings is 1. The number of rotatable bonds is 4. The van der Waals surface area contributed by atoms with Crippen LogP contribution in [0.4, 0.5) is 4.39 Å². The summed E-state index contributed by atoms with van der Waals surface area (Å²) in [6.45, 7) is 4.19. The Kier molecular flexibility index (Phi) is 5.45. The molecule has 3 rings (SSSR count). The Morgan fingerprint density at radius 1 is 1.27 bits per heavy atom. The van der Waals surface area contributed by atoms with Gasteiger partial charge in [-0.2, -0.15) is 9.29 Å². The molecule has 0 aliphatic carbocycles. The normalized spacial score (nSPS) is 18.7. The van der Waals surface area contributed by atoms with Crippen LogP contribution in [0.1, 0.15) is 24.4 Å². The van der Waals surface area contributed by atoms with Crippen molar-refractivity contribution in [2.24, 2.45) is 0 Å². The van der Waals surface area contributed by atoms with E-state index in [0.717, 1.165) is 24.2 Å². The smallest absolute Gasteiger partial charge is 0.243 e. The average Bonchev–Trinajstić information content (AvgIpc) is 2.56. The number of hydrogen-bond acceptors (Lipinski definition) is 5. The molecule has 9 heteroatoms. The molecule has 26 heavy (non-hydrogen) atoms. The first-order valence-electron chi connectivity index (χ1n) is 8.20. The first-order valence-corrected chi connectivity index (χ1v) is 10.0. The summed E-state index contributed by atoms with van der Waals surface area (Å²) >= 11 is 5.73. The molecule has 1 aromatic carbocycles. The summed E-state index contributed by atoms with van der Waals surface area (Å²) < 4.78 is 46.2. The lowest BCUT2D eigenvalue weighted by atomic mass is 10.1. The molecule has 0 bridgehead atoms. The Hall–Kier alpha value is -1.77. The highest BCUT2D eigenvalue weighted by Crippen LogP contribution is 2.26. The van der Waals surface area contributed by atoms with Crippen LogP contribution in [0.25, 0.3) is 0 Å². The summed E-state index contributed by atoms with van der Waals surface area (Å²) in [5.74, 6) is 0.380. The molecule has 0 radical (unpaired) electrons. The molecule has 0 spiro atoms. The third-order valence-electron chi connectivity index (χ3n) is 4.10. The fourth-order valence-corrected chi connectivity index (χ4v) is 4.70. The molecule has 2 aromatic rings.